The number of hydrogen-bond acceptors (Lipinski definition) is 4. The highest BCUT2D eigenvalue weighted by Crippen LogP contribution is 2.20. The van der Waals surface area contributed by atoms with E-state index in [-0.39, 0.29) is 10.8 Å². The van der Waals surface area contributed by atoms with Gasteiger partial charge in [-0.05, 0) is 52.3 Å². The Bertz CT molecular complexity index is 427. The van der Waals surface area contributed by atoms with Gasteiger partial charge in [-0.25, -0.2) is 0 Å². The second-order valence-corrected chi connectivity index (χ2v) is 7.33. The number of carbonyl (C=O) groups is 1. The normalized spacial score (nSPS) is 12.1. The molecular weight excluding hydrogens is 258 g/mol. The minimum atomic E-state index is -0.461. The van der Waals surface area contributed by atoms with Gasteiger partial charge in [0.1, 0.15) is 6.61 Å². The maximum atomic E-state index is 11.6. The van der Waals surface area contributed by atoms with Crippen LogP contribution in [0.15, 0.2) is 24.3 Å². The lowest BCUT2D eigenvalue weighted by Crippen LogP contribution is -2.23. The molecule has 1 N–H and O–H groups in total. The Kier molecular flexibility index (Phi) is 4.91. The maximum absolute atomic E-state index is 11.6. The van der Waals surface area contributed by atoms with Crippen LogP contribution >= 0.6 is 12.6 Å². The molecule has 0 atom stereocenters. The molecule has 1 aromatic rings. The first-order valence-corrected chi connectivity index (χ1v) is 6.79. The van der Waals surface area contributed by atoms with Crippen LogP contribution in [0.3, 0.4) is 0 Å². The second-order valence-electron chi connectivity index (χ2n) is 6.21. The van der Waals surface area contributed by atoms with Crippen LogP contribution in [0.5, 0.6) is 0 Å². The van der Waals surface area contributed by atoms with Crippen molar-refractivity contribution in [3.05, 3.63) is 29.8 Å². The first kappa shape index (κ1) is 15.9. The van der Waals surface area contributed by atoms with Gasteiger partial charge in [0.15, 0.2) is 0 Å². The average molecular weight is 281 g/mol. The monoisotopic (exact) mass is 281 g/mol. The third-order valence-electron chi connectivity index (χ3n) is 2.39. The van der Waals surface area contributed by atoms with Crippen molar-refractivity contribution in [2.75, 3.05) is 5.32 Å². The summed E-state index contributed by atoms with van der Waals surface area (Å²) in [5, 5.41) is 3.25. The first-order chi connectivity index (χ1) is 8.58. The molecule has 4 heteroatoms. The zero-order valence-corrected chi connectivity index (χ0v) is 13.2. The van der Waals surface area contributed by atoms with Gasteiger partial charge in [0.05, 0.1) is 10.3 Å². The largest absolute Gasteiger partial charge is 0.460 e. The number of benzene rings is 1. The number of esters is 1. The Morgan fingerprint density at radius 3 is 2.11 bits per heavy atom. The van der Waals surface area contributed by atoms with Crippen molar-refractivity contribution >= 4 is 24.3 Å². The highest BCUT2D eigenvalue weighted by molar-refractivity contribution is 7.81. The highest BCUT2D eigenvalue weighted by Gasteiger charge is 2.22. The summed E-state index contributed by atoms with van der Waals surface area (Å²) >= 11 is 4.41. The third kappa shape index (κ3) is 6.01. The van der Waals surface area contributed by atoms with E-state index in [1.54, 1.807) is 0 Å². The van der Waals surface area contributed by atoms with Crippen molar-refractivity contribution in [2.24, 2.45) is 5.41 Å². The van der Waals surface area contributed by atoms with E-state index in [4.69, 9.17) is 4.74 Å². The quantitative estimate of drug-likeness (QED) is 0.500. The number of anilines is 1. The van der Waals surface area contributed by atoms with E-state index in [0.29, 0.717) is 6.61 Å². The van der Waals surface area contributed by atoms with E-state index in [1.807, 2.05) is 58.9 Å². The summed E-state index contributed by atoms with van der Waals surface area (Å²) in [4.78, 5) is 11.4. The lowest BCUT2D eigenvalue weighted by molar-refractivity contribution is -0.154. The van der Waals surface area contributed by atoms with E-state index in [2.05, 4.69) is 17.9 Å². The summed E-state index contributed by atoms with van der Waals surface area (Å²) < 4.78 is 5.26. The van der Waals surface area contributed by atoms with Crippen LogP contribution in [0, 0.1) is 5.41 Å². The van der Waals surface area contributed by atoms with E-state index in [0.717, 1.165) is 11.3 Å². The number of thiol groups is 1. The fraction of sp³-hybridized carbons (Fsp3) is 0.533. The van der Waals surface area contributed by atoms with Crippen molar-refractivity contribution in [1.29, 1.82) is 0 Å². The third-order valence-corrected chi connectivity index (χ3v) is 2.50. The maximum Gasteiger partial charge on any atom is 0.311 e. The van der Waals surface area contributed by atoms with E-state index >= 15 is 0 Å². The Balaban J connectivity index is 2.56. The molecule has 0 saturated carbocycles. The lowest BCUT2D eigenvalue weighted by Gasteiger charge is -2.21. The van der Waals surface area contributed by atoms with Crippen molar-refractivity contribution in [3.8, 4) is 0 Å². The molecule has 0 radical (unpaired) electrons. The van der Waals surface area contributed by atoms with Gasteiger partial charge >= 0.3 is 5.97 Å². The van der Waals surface area contributed by atoms with Crippen molar-refractivity contribution in [1.82, 2.24) is 0 Å². The van der Waals surface area contributed by atoms with Gasteiger partial charge in [0.2, 0.25) is 0 Å². The molecule has 106 valence electrons. The number of rotatable bonds is 4. The second kappa shape index (κ2) is 5.87. The van der Waals surface area contributed by atoms with Crippen LogP contribution in [0.25, 0.3) is 0 Å². The van der Waals surface area contributed by atoms with Crippen LogP contribution in [-0.4, -0.2) is 10.8 Å². The molecule has 0 aliphatic heterocycles. The fourth-order valence-corrected chi connectivity index (χ4v) is 1.53. The Morgan fingerprint density at radius 1 is 1.16 bits per heavy atom. The van der Waals surface area contributed by atoms with Crippen LogP contribution in [0.1, 0.15) is 40.2 Å². The molecule has 0 fully saturated rings. The Hall–Kier alpha value is -1.16. The number of hydrogen-bond donors (Lipinski definition) is 2. The minimum absolute atomic E-state index is 0.189. The predicted octanol–water partition coefficient (Wildman–Crippen LogP) is 3.85. The molecule has 0 amide bonds. The Labute approximate surface area is 121 Å². The number of nitrogens with one attached hydrogen (secondary N) is 1. The van der Waals surface area contributed by atoms with Gasteiger partial charge in [-0.2, -0.15) is 12.6 Å². The number of carbonyl (C=O) groups excluding carboxylic acids is 1. The standard InChI is InChI=1S/C15H23NO2S/c1-14(2,3)13(17)18-10-11-6-8-12(9-7-11)16-15(4,5)19/h6-9,16,19H,10H2,1-5H3. The summed E-state index contributed by atoms with van der Waals surface area (Å²) in [6, 6.07) is 7.80. The first-order valence-electron chi connectivity index (χ1n) is 6.35. The molecule has 0 spiro atoms. The van der Waals surface area contributed by atoms with Gasteiger partial charge in [-0.1, -0.05) is 12.1 Å². The topological polar surface area (TPSA) is 38.3 Å². The van der Waals surface area contributed by atoms with Crippen LogP contribution in [0.4, 0.5) is 5.69 Å². The van der Waals surface area contributed by atoms with Crippen molar-refractivity contribution < 1.29 is 9.53 Å². The molecule has 19 heavy (non-hydrogen) atoms. The van der Waals surface area contributed by atoms with E-state index in [1.165, 1.54) is 0 Å². The molecule has 0 aliphatic carbocycles. The molecule has 3 nitrogen and oxygen atoms in total. The summed E-state index contributed by atoms with van der Waals surface area (Å²) in [5.41, 5.74) is 1.50. The fourth-order valence-electron chi connectivity index (χ4n) is 1.40. The van der Waals surface area contributed by atoms with Crippen molar-refractivity contribution in [3.63, 3.8) is 0 Å². The molecule has 0 aliphatic rings. The smallest absolute Gasteiger partial charge is 0.311 e. The Morgan fingerprint density at radius 2 is 1.68 bits per heavy atom. The molecule has 0 aromatic heterocycles. The van der Waals surface area contributed by atoms with E-state index in [9.17, 15) is 4.79 Å². The summed E-state index contributed by atoms with van der Waals surface area (Å²) in [5.74, 6) is -0.189. The highest BCUT2D eigenvalue weighted by atomic mass is 32.1. The molecule has 1 aromatic carbocycles. The molecular formula is C15H23NO2S. The number of ether oxygens (including phenoxy) is 1. The van der Waals surface area contributed by atoms with Crippen LogP contribution in [-0.2, 0) is 16.1 Å². The SMILES string of the molecule is CC(C)(S)Nc1ccc(COC(=O)C(C)(C)C)cc1. The average Bonchev–Trinajstić information content (AvgIpc) is 2.24. The van der Waals surface area contributed by atoms with Gasteiger partial charge in [-0.15, -0.1) is 0 Å². The summed E-state index contributed by atoms with van der Waals surface area (Å²) in [6.45, 7) is 9.80. The van der Waals surface area contributed by atoms with E-state index < -0.39 is 5.41 Å². The van der Waals surface area contributed by atoms with Gasteiger partial charge < -0.3 is 10.1 Å². The molecule has 0 bridgehead atoms. The molecule has 1 rings (SSSR count). The minimum Gasteiger partial charge on any atom is -0.460 e. The van der Waals surface area contributed by atoms with Gasteiger partial charge in [0, 0.05) is 5.69 Å². The molecule has 0 heterocycles. The predicted molar refractivity (Wildman–Crippen MR) is 82.4 cm³/mol. The summed E-state index contributed by atoms with van der Waals surface area (Å²) in [7, 11) is 0. The zero-order valence-electron chi connectivity index (χ0n) is 12.3. The van der Waals surface area contributed by atoms with Crippen molar-refractivity contribution in [2.45, 2.75) is 46.1 Å². The van der Waals surface area contributed by atoms with Crippen LogP contribution in [0.2, 0.25) is 0 Å². The van der Waals surface area contributed by atoms with Gasteiger partial charge in [-0.3, -0.25) is 4.79 Å². The summed E-state index contributed by atoms with van der Waals surface area (Å²) in [6.07, 6.45) is 0. The molecule has 0 saturated heterocycles. The zero-order chi connectivity index (χ0) is 14.7. The lowest BCUT2D eigenvalue weighted by atomic mass is 9.97. The van der Waals surface area contributed by atoms with Gasteiger partial charge in [0.25, 0.3) is 0 Å². The van der Waals surface area contributed by atoms with Crippen LogP contribution < -0.4 is 5.32 Å². The molecule has 0 unspecified atom stereocenters.